The summed E-state index contributed by atoms with van der Waals surface area (Å²) in [4.78, 5) is 2.33. The van der Waals surface area contributed by atoms with Gasteiger partial charge in [-0.25, -0.2) is 0 Å². The summed E-state index contributed by atoms with van der Waals surface area (Å²) in [6.45, 7) is 7.66. The lowest BCUT2D eigenvalue weighted by Crippen LogP contribution is -2.55. The minimum Gasteiger partial charge on any atom is -0.307 e. The SMILES string of the molecule is C[C](C)c1cccc(CNC2CN(C)C2)c1. The molecule has 1 aliphatic rings. The van der Waals surface area contributed by atoms with Gasteiger partial charge in [0.2, 0.25) is 0 Å². The summed E-state index contributed by atoms with van der Waals surface area (Å²) >= 11 is 0. The predicted octanol–water partition coefficient (Wildman–Crippen LogP) is 2.05. The third kappa shape index (κ3) is 2.83. The molecule has 1 aromatic carbocycles. The Bertz CT molecular complexity index is 340. The topological polar surface area (TPSA) is 15.3 Å². The standard InChI is InChI=1S/C14H21N2/c1-11(2)13-6-4-5-12(7-13)8-15-14-9-16(3)10-14/h4-7,14-15H,8-10H2,1-3H3. The summed E-state index contributed by atoms with van der Waals surface area (Å²) in [5.74, 6) is 1.38. The zero-order chi connectivity index (χ0) is 11.5. The second kappa shape index (κ2) is 4.98. The summed E-state index contributed by atoms with van der Waals surface area (Å²) in [5, 5.41) is 3.58. The van der Waals surface area contributed by atoms with Crippen molar-refractivity contribution in [2.24, 2.45) is 0 Å². The molecule has 0 amide bonds. The Morgan fingerprint density at radius 3 is 2.75 bits per heavy atom. The van der Waals surface area contributed by atoms with E-state index in [1.54, 1.807) is 0 Å². The maximum atomic E-state index is 3.58. The second-order valence-electron chi connectivity index (χ2n) is 5.00. The highest BCUT2D eigenvalue weighted by molar-refractivity contribution is 5.32. The van der Waals surface area contributed by atoms with Crippen molar-refractivity contribution in [3.8, 4) is 0 Å². The number of hydrogen-bond acceptors (Lipinski definition) is 2. The van der Waals surface area contributed by atoms with Gasteiger partial charge in [0.15, 0.2) is 0 Å². The highest BCUT2D eigenvalue weighted by Gasteiger charge is 2.21. The fourth-order valence-electron chi connectivity index (χ4n) is 2.08. The quantitative estimate of drug-likeness (QED) is 0.830. The molecule has 1 heterocycles. The van der Waals surface area contributed by atoms with Crippen LogP contribution in [0.2, 0.25) is 0 Å². The summed E-state index contributed by atoms with van der Waals surface area (Å²) in [7, 11) is 2.16. The maximum Gasteiger partial charge on any atom is 0.0325 e. The minimum atomic E-state index is 0.681. The van der Waals surface area contributed by atoms with Crippen LogP contribution in [0.4, 0.5) is 0 Å². The number of nitrogens with one attached hydrogen (secondary N) is 1. The number of hydrogen-bond donors (Lipinski definition) is 1. The van der Waals surface area contributed by atoms with Gasteiger partial charge in [-0.3, -0.25) is 0 Å². The second-order valence-corrected chi connectivity index (χ2v) is 5.00. The smallest absolute Gasteiger partial charge is 0.0325 e. The molecule has 1 saturated heterocycles. The Kier molecular flexibility index (Phi) is 3.62. The average molecular weight is 217 g/mol. The van der Waals surface area contributed by atoms with Gasteiger partial charge in [0.25, 0.3) is 0 Å². The van der Waals surface area contributed by atoms with E-state index >= 15 is 0 Å². The van der Waals surface area contributed by atoms with Gasteiger partial charge in [0.1, 0.15) is 0 Å². The van der Waals surface area contributed by atoms with Crippen LogP contribution in [-0.4, -0.2) is 31.1 Å². The van der Waals surface area contributed by atoms with Gasteiger partial charge in [-0.05, 0) is 24.1 Å². The van der Waals surface area contributed by atoms with Crippen LogP contribution >= 0.6 is 0 Å². The summed E-state index contributed by atoms with van der Waals surface area (Å²) < 4.78 is 0. The first-order chi connectivity index (χ1) is 7.65. The van der Waals surface area contributed by atoms with Gasteiger partial charge in [-0.15, -0.1) is 0 Å². The lowest BCUT2D eigenvalue weighted by molar-refractivity contribution is 0.161. The zero-order valence-corrected chi connectivity index (χ0v) is 10.5. The number of nitrogens with zero attached hydrogens (tertiary/aromatic N) is 1. The van der Waals surface area contributed by atoms with Gasteiger partial charge in [-0.2, -0.15) is 0 Å². The van der Waals surface area contributed by atoms with E-state index in [4.69, 9.17) is 0 Å². The third-order valence-corrected chi connectivity index (χ3v) is 3.16. The van der Waals surface area contributed by atoms with E-state index in [-0.39, 0.29) is 0 Å². The van der Waals surface area contributed by atoms with Gasteiger partial charge < -0.3 is 10.2 Å². The van der Waals surface area contributed by atoms with Crippen LogP contribution in [-0.2, 0) is 6.54 Å². The van der Waals surface area contributed by atoms with Gasteiger partial charge in [0, 0.05) is 25.7 Å². The zero-order valence-electron chi connectivity index (χ0n) is 10.5. The van der Waals surface area contributed by atoms with Crippen LogP contribution in [0.5, 0.6) is 0 Å². The largest absolute Gasteiger partial charge is 0.307 e. The van der Waals surface area contributed by atoms with E-state index in [1.165, 1.54) is 30.1 Å². The summed E-state index contributed by atoms with van der Waals surface area (Å²) in [6.07, 6.45) is 0. The van der Waals surface area contributed by atoms with E-state index in [0.29, 0.717) is 6.04 Å². The molecule has 0 spiro atoms. The normalized spacial score (nSPS) is 17.8. The van der Waals surface area contributed by atoms with E-state index in [9.17, 15) is 0 Å². The molecule has 0 saturated carbocycles. The third-order valence-electron chi connectivity index (χ3n) is 3.16. The number of rotatable bonds is 4. The van der Waals surface area contributed by atoms with Gasteiger partial charge >= 0.3 is 0 Å². The molecule has 0 atom stereocenters. The van der Waals surface area contributed by atoms with Gasteiger partial charge in [-0.1, -0.05) is 38.1 Å². The Hall–Kier alpha value is -0.860. The molecule has 87 valence electrons. The van der Waals surface area contributed by atoms with Crippen molar-refractivity contribution >= 4 is 0 Å². The molecular formula is C14H21N2. The molecule has 2 heteroatoms. The van der Waals surface area contributed by atoms with Crippen molar-refractivity contribution < 1.29 is 0 Å². The molecule has 2 rings (SSSR count). The number of likely N-dealkylation sites (N-methyl/N-ethyl adjacent to an activating group) is 1. The fraction of sp³-hybridized carbons (Fsp3) is 0.500. The van der Waals surface area contributed by atoms with Crippen molar-refractivity contribution in [2.75, 3.05) is 20.1 Å². The molecule has 0 bridgehead atoms. The molecule has 0 unspecified atom stereocenters. The first kappa shape index (κ1) is 11.6. The monoisotopic (exact) mass is 217 g/mol. The van der Waals surface area contributed by atoms with Crippen LogP contribution in [0.25, 0.3) is 0 Å². The highest BCUT2D eigenvalue weighted by Crippen LogP contribution is 2.15. The molecule has 2 nitrogen and oxygen atoms in total. The van der Waals surface area contributed by atoms with Crippen molar-refractivity contribution in [2.45, 2.75) is 26.4 Å². The van der Waals surface area contributed by atoms with Crippen molar-refractivity contribution in [1.82, 2.24) is 10.2 Å². The van der Waals surface area contributed by atoms with E-state index in [0.717, 1.165) is 6.54 Å². The van der Waals surface area contributed by atoms with Gasteiger partial charge in [0.05, 0.1) is 0 Å². The molecule has 0 aromatic heterocycles. The van der Waals surface area contributed by atoms with Crippen molar-refractivity contribution in [3.05, 3.63) is 41.3 Å². The predicted molar refractivity (Wildman–Crippen MR) is 68.3 cm³/mol. The molecule has 1 N–H and O–H groups in total. The van der Waals surface area contributed by atoms with Crippen LogP contribution < -0.4 is 5.32 Å². The van der Waals surface area contributed by atoms with E-state index in [1.807, 2.05) is 0 Å². The molecular weight excluding hydrogens is 196 g/mol. The maximum absolute atomic E-state index is 3.58. The lowest BCUT2D eigenvalue weighted by atomic mass is 10.0. The molecule has 1 fully saturated rings. The molecule has 1 aromatic rings. The van der Waals surface area contributed by atoms with Crippen molar-refractivity contribution in [1.29, 1.82) is 0 Å². The first-order valence-corrected chi connectivity index (χ1v) is 5.96. The summed E-state index contributed by atoms with van der Waals surface area (Å²) in [5.41, 5.74) is 2.73. The average Bonchev–Trinajstić information content (AvgIpc) is 2.23. The molecule has 1 aliphatic heterocycles. The molecule has 0 aliphatic carbocycles. The fourth-order valence-corrected chi connectivity index (χ4v) is 2.08. The van der Waals surface area contributed by atoms with Crippen LogP contribution in [0.3, 0.4) is 0 Å². The minimum absolute atomic E-state index is 0.681. The van der Waals surface area contributed by atoms with E-state index in [2.05, 4.69) is 55.4 Å². The number of likely N-dealkylation sites (tertiary alicyclic amines) is 1. The Labute approximate surface area is 98.7 Å². The molecule has 16 heavy (non-hydrogen) atoms. The van der Waals surface area contributed by atoms with Crippen LogP contribution in [0, 0.1) is 5.92 Å². The lowest BCUT2D eigenvalue weighted by Gasteiger charge is -2.36. The number of benzene rings is 1. The van der Waals surface area contributed by atoms with Crippen molar-refractivity contribution in [3.63, 3.8) is 0 Å². The first-order valence-electron chi connectivity index (χ1n) is 5.96. The Morgan fingerprint density at radius 2 is 2.12 bits per heavy atom. The van der Waals surface area contributed by atoms with Crippen LogP contribution in [0.1, 0.15) is 25.0 Å². The highest BCUT2D eigenvalue weighted by atomic mass is 15.2. The van der Waals surface area contributed by atoms with Crippen LogP contribution in [0.15, 0.2) is 24.3 Å². The summed E-state index contributed by atoms with van der Waals surface area (Å²) in [6, 6.07) is 9.48. The Balaban J connectivity index is 1.86. The Morgan fingerprint density at radius 1 is 1.38 bits per heavy atom. The molecule has 1 radical (unpaired) electrons. The van der Waals surface area contributed by atoms with E-state index < -0.39 is 0 Å².